The molecule has 4 rings (SSSR count). The molecule has 1 aromatic heterocycles. The molecule has 2 aromatic carbocycles. The standard InChI is InChI=1S/C23H27N3O2S2/c1-17-7-9-21(10-8-17)30(27,28)26-13-11-25(12-14-26)23-24-20(16-29-23)15-22-18(2)5-4-6-19(22)3/h4-10,16H,11-15H2,1-3H3. The maximum absolute atomic E-state index is 12.9. The van der Waals surface area contributed by atoms with Crippen molar-refractivity contribution in [1.82, 2.24) is 9.29 Å². The summed E-state index contributed by atoms with van der Waals surface area (Å²) in [6.07, 6.45) is 0.830. The van der Waals surface area contributed by atoms with Gasteiger partial charge in [0, 0.05) is 38.0 Å². The first-order chi connectivity index (χ1) is 14.3. The molecule has 30 heavy (non-hydrogen) atoms. The van der Waals surface area contributed by atoms with Crippen LogP contribution in [-0.2, 0) is 16.4 Å². The van der Waals surface area contributed by atoms with Gasteiger partial charge < -0.3 is 4.90 Å². The summed E-state index contributed by atoms with van der Waals surface area (Å²) in [6.45, 7) is 8.50. The summed E-state index contributed by atoms with van der Waals surface area (Å²) in [7, 11) is -3.44. The van der Waals surface area contributed by atoms with Crippen molar-refractivity contribution in [3.05, 3.63) is 75.8 Å². The van der Waals surface area contributed by atoms with Crippen LogP contribution in [0.15, 0.2) is 52.7 Å². The molecule has 2 heterocycles. The van der Waals surface area contributed by atoms with Gasteiger partial charge in [-0.15, -0.1) is 11.3 Å². The molecule has 7 heteroatoms. The van der Waals surface area contributed by atoms with Gasteiger partial charge in [-0.1, -0.05) is 35.9 Å². The number of anilines is 1. The van der Waals surface area contributed by atoms with Crippen LogP contribution >= 0.6 is 11.3 Å². The number of rotatable bonds is 5. The highest BCUT2D eigenvalue weighted by atomic mass is 32.2. The molecule has 0 spiro atoms. The Kier molecular flexibility index (Phi) is 5.95. The van der Waals surface area contributed by atoms with E-state index in [4.69, 9.17) is 4.98 Å². The summed E-state index contributed by atoms with van der Waals surface area (Å²) in [4.78, 5) is 7.40. The minimum Gasteiger partial charge on any atom is -0.345 e. The number of hydrogen-bond acceptors (Lipinski definition) is 5. The molecule has 158 valence electrons. The third-order valence-electron chi connectivity index (χ3n) is 5.71. The van der Waals surface area contributed by atoms with E-state index in [1.54, 1.807) is 27.8 Å². The highest BCUT2D eigenvalue weighted by molar-refractivity contribution is 7.89. The molecule has 0 unspecified atom stereocenters. The Labute approximate surface area is 183 Å². The summed E-state index contributed by atoms with van der Waals surface area (Å²) in [6, 6.07) is 13.4. The van der Waals surface area contributed by atoms with Crippen molar-refractivity contribution in [2.75, 3.05) is 31.1 Å². The summed E-state index contributed by atoms with van der Waals surface area (Å²) in [5.74, 6) is 0. The van der Waals surface area contributed by atoms with Gasteiger partial charge in [0.25, 0.3) is 0 Å². The Morgan fingerprint density at radius 3 is 2.20 bits per heavy atom. The predicted molar refractivity (Wildman–Crippen MR) is 123 cm³/mol. The van der Waals surface area contributed by atoms with E-state index in [-0.39, 0.29) is 0 Å². The minimum atomic E-state index is -3.44. The van der Waals surface area contributed by atoms with E-state index in [1.807, 2.05) is 19.1 Å². The normalized spacial score (nSPS) is 15.5. The molecule has 1 aliphatic rings. The SMILES string of the molecule is Cc1ccc(S(=O)(=O)N2CCN(c3nc(Cc4c(C)cccc4C)cs3)CC2)cc1. The van der Waals surface area contributed by atoms with Gasteiger partial charge in [0.1, 0.15) is 0 Å². The topological polar surface area (TPSA) is 53.5 Å². The van der Waals surface area contributed by atoms with Gasteiger partial charge in [0.2, 0.25) is 10.0 Å². The lowest BCUT2D eigenvalue weighted by Crippen LogP contribution is -2.48. The molecule has 1 saturated heterocycles. The zero-order valence-corrected chi connectivity index (χ0v) is 19.3. The second-order valence-electron chi connectivity index (χ2n) is 7.87. The molecule has 0 aliphatic carbocycles. The third-order valence-corrected chi connectivity index (χ3v) is 8.57. The van der Waals surface area contributed by atoms with Gasteiger partial charge in [0.05, 0.1) is 10.6 Å². The fourth-order valence-electron chi connectivity index (χ4n) is 3.81. The van der Waals surface area contributed by atoms with E-state index in [2.05, 4.69) is 42.3 Å². The van der Waals surface area contributed by atoms with E-state index >= 15 is 0 Å². The van der Waals surface area contributed by atoms with Crippen molar-refractivity contribution >= 4 is 26.5 Å². The highest BCUT2D eigenvalue weighted by Crippen LogP contribution is 2.26. The number of benzene rings is 2. The first kappa shape index (κ1) is 21.0. The van der Waals surface area contributed by atoms with Crippen LogP contribution < -0.4 is 4.90 Å². The zero-order chi connectivity index (χ0) is 21.3. The van der Waals surface area contributed by atoms with Gasteiger partial charge in [0.15, 0.2) is 5.13 Å². The highest BCUT2D eigenvalue weighted by Gasteiger charge is 2.29. The van der Waals surface area contributed by atoms with E-state index in [1.165, 1.54) is 16.7 Å². The van der Waals surface area contributed by atoms with Crippen molar-refractivity contribution < 1.29 is 8.42 Å². The quantitative estimate of drug-likeness (QED) is 0.596. The van der Waals surface area contributed by atoms with Gasteiger partial charge >= 0.3 is 0 Å². The molecule has 3 aromatic rings. The average molecular weight is 442 g/mol. The monoisotopic (exact) mass is 441 g/mol. The van der Waals surface area contributed by atoms with Crippen molar-refractivity contribution in [2.45, 2.75) is 32.1 Å². The van der Waals surface area contributed by atoms with Crippen molar-refractivity contribution in [3.8, 4) is 0 Å². The van der Waals surface area contributed by atoms with E-state index in [0.29, 0.717) is 31.1 Å². The van der Waals surface area contributed by atoms with E-state index in [0.717, 1.165) is 22.8 Å². The number of nitrogens with zero attached hydrogens (tertiary/aromatic N) is 3. The molecule has 0 saturated carbocycles. The van der Waals surface area contributed by atoms with Gasteiger partial charge in [-0.25, -0.2) is 13.4 Å². The summed E-state index contributed by atoms with van der Waals surface area (Å²) >= 11 is 1.64. The Bertz CT molecular complexity index is 1110. The van der Waals surface area contributed by atoms with Gasteiger partial charge in [-0.05, 0) is 49.6 Å². The molecule has 1 fully saturated rings. The lowest BCUT2D eigenvalue weighted by Gasteiger charge is -2.33. The van der Waals surface area contributed by atoms with Crippen LogP contribution in [-0.4, -0.2) is 43.9 Å². The van der Waals surface area contributed by atoms with Crippen LogP contribution in [0.3, 0.4) is 0 Å². The number of aryl methyl sites for hydroxylation is 3. The first-order valence-corrected chi connectivity index (χ1v) is 12.5. The third kappa shape index (κ3) is 4.29. The summed E-state index contributed by atoms with van der Waals surface area (Å²) in [5, 5.41) is 3.10. The summed E-state index contributed by atoms with van der Waals surface area (Å²) in [5.41, 5.74) is 6.05. The largest absolute Gasteiger partial charge is 0.345 e. The number of thiazole rings is 1. The molecule has 5 nitrogen and oxygen atoms in total. The number of piperazine rings is 1. The van der Waals surface area contributed by atoms with Crippen LogP contribution in [0, 0.1) is 20.8 Å². The maximum atomic E-state index is 12.9. The molecular formula is C23H27N3O2S2. The van der Waals surface area contributed by atoms with Crippen LogP contribution in [0.4, 0.5) is 5.13 Å². The Hall–Kier alpha value is -2.22. The Balaban J connectivity index is 1.42. The molecule has 0 bridgehead atoms. The minimum absolute atomic E-state index is 0.367. The van der Waals surface area contributed by atoms with Crippen LogP contribution in [0.1, 0.15) is 27.9 Å². The van der Waals surface area contributed by atoms with Gasteiger partial charge in [-0.2, -0.15) is 4.31 Å². The smallest absolute Gasteiger partial charge is 0.243 e. The molecule has 1 aliphatic heterocycles. The first-order valence-electron chi connectivity index (χ1n) is 10.2. The zero-order valence-electron chi connectivity index (χ0n) is 17.6. The molecule has 0 amide bonds. The number of aromatic nitrogens is 1. The second-order valence-corrected chi connectivity index (χ2v) is 10.6. The lowest BCUT2D eigenvalue weighted by atomic mass is 9.99. The van der Waals surface area contributed by atoms with E-state index < -0.39 is 10.0 Å². The lowest BCUT2D eigenvalue weighted by molar-refractivity contribution is 0.384. The average Bonchev–Trinajstić information content (AvgIpc) is 3.20. The van der Waals surface area contributed by atoms with Crippen LogP contribution in [0.5, 0.6) is 0 Å². The van der Waals surface area contributed by atoms with Crippen molar-refractivity contribution in [1.29, 1.82) is 0 Å². The predicted octanol–water partition coefficient (Wildman–Crippen LogP) is 4.17. The van der Waals surface area contributed by atoms with Crippen molar-refractivity contribution in [2.24, 2.45) is 0 Å². The number of sulfonamides is 1. The maximum Gasteiger partial charge on any atom is 0.243 e. The fraction of sp³-hybridized carbons (Fsp3) is 0.348. The molecular weight excluding hydrogens is 414 g/mol. The number of hydrogen-bond donors (Lipinski definition) is 0. The fourth-order valence-corrected chi connectivity index (χ4v) is 6.11. The van der Waals surface area contributed by atoms with E-state index in [9.17, 15) is 8.42 Å². The second kappa shape index (κ2) is 8.49. The van der Waals surface area contributed by atoms with Crippen LogP contribution in [0.2, 0.25) is 0 Å². The van der Waals surface area contributed by atoms with Gasteiger partial charge in [-0.3, -0.25) is 0 Å². The summed E-state index contributed by atoms with van der Waals surface area (Å²) < 4.78 is 27.4. The molecule has 0 radical (unpaired) electrons. The molecule has 0 N–H and O–H groups in total. The Morgan fingerprint density at radius 1 is 0.933 bits per heavy atom. The van der Waals surface area contributed by atoms with Crippen LogP contribution in [0.25, 0.3) is 0 Å². The Morgan fingerprint density at radius 2 is 1.57 bits per heavy atom. The van der Waals surface area contributed by atoms with Crippen molar-refractivity contribution in [3.63, 3.8) is 0 Å². The molecule has 0 atom stereocenters.